The third-order valence-corrected chi connectivity index (χ3v) is 7.51. The highest BCUT2D eigenvalue weighted by atomic mass is 32.2. The molecule has 1 aliphatic rings. The van der Waals surface area contributed by atoms with Crippen molar-refractivity contribution in [1.82, 2.24) is 4.31 Å². The molecule has 0 amide bonds. The van der Waals surface area contributed by atoms with Crippen LogP contribution in [0.3, 0.4) is 0 Å². The number of hydrogen-bond donors (Lipinski definition) is 0. The zero-order valence-electron chi connectivity index (χ0n) is 15.8. The predicted molar refractivity (Wildman–Crippen MR) is 110 cm³/mol. The summed E-state index contributed by atoms with van der Waals surface area (Å²) in [7, 11) is -0.828. The predicted octanol–water partition coefficient (Wildman–Crippen LogP) is 4.48. The van der Waals surface area contributed by atoms with Crippen molar-refractivity contribution in [3.8, 4) is 5.75 Å². The maximum atomic E-state index is 13.6. The van der Waals surface area contributed by atoms with Gasteiger partial charge in [-0.1, -0.05) is 36.2 Å². The van der Waals surface area contributed by atoms with Gasteiger partial charge in [-0.3, -0.25) is 0 Å². The van der Waals surface area contributed by atoms with Crippen molar-refractivity contribution in [1.29, 1.82) is 0 Å². The van der Waals surface area contributed by atoms with Crippen LogP contribution in [0.5, 0.6) is 5.75 Å². The van der Waals surface area contributed by atoms with Crippen molar-refractivity contribution in [2.75, 3.05) is 13.7 Å². The molecule has 140 valence electrons. The van der Waals surface area contributed by atoms with Gasteiger partial charge in [-0.05, 0) is 68.3 Å². The monoisotopic (exact) mass is 371 g/mol. The third kappa shape index (κ3) is 4.30. The molecule has 2 atom stereocenters. The first-order chi connectivity index (χ1) is 12.5. The van der Waals surface area contributed by atoms with Gasteiger partial charge in [0.25, 0.3) is 0 Å². The standard InChI is InChI=1S/C22H29NO2S/c1-18-7-9-19(10-8-18)11-12-20-6-4-5-17-23(20)26(3,24)22-15-13-21(25-2)14-16-22/h7-10,13-16,20H,3-6,11-12,17H2,1-2H3. The Morgan fingerprint density at radius 3 is 2.46 bits per heavy atom. The molecule has 1 fully saturated rings. The second kappa shape index (κ2) is 8.28. The van der Waals surface area contributed by atoms with E-state index in [2.05, 4.69) is 41.4 Å². The molecule has 0 radical (unpaired) electrons. The minimum absolute atomic E-state index is 0.317. The van der Waals surface area contributed by atoms with E-state index in [4.69, 9.17) is 4.74 Å². The van der Waals surface area contributed by atoms with Gasteiger partial charge in [-0.15, -0.1) is 0 Å². The van der Waals surface area contributed by atoms with Gasteiger partial charge in [-0.2, -0.15) is 0 Å². The molecule has 2 aromatic carbocycles. The number of rotatable bonds is 6. The van der Waals surface area contributed by atoms with Crippen LogP contribution in [0.4, 0.5) is 0 Å². The van der Waals surface area contributed by atoms with Gasteiger partial charge in [0.15, 0.2) is 0 Å². The summed E-state index contributed by atoms with van der Waals surface area (Å²) in [5.41, 5.74) is 2.63. The quantitative estimate of drug-likeness (QED) is 0.701. The second-order valence-electron chi connectivity index (χ2n) is 7.13. The van der Waals surface area contributed by atoms with E-state index in [1.807, 2.05) is 24.3 Å². The van der Waals surface area contributed by atoms with Crippen molar-refractivity contribution in [2.45, 2.75) is 50.0 Å². The number of hydrogen-bond acceptors (Lipinski definition) is 2. The summed E-state index contributed by atoms with van der Waals surface area (Å²) in [6.45, 7) is 2.96. The van der Waals surface area contributed by atoms with Gasteiger partial charge in [-0.25, -0.2) is 8.51 Å². The molecular weight excluding hydrogens is 342 g/mol. The molecule has 1 aliphatic heterocycles. The van der Waals surface area contributed by atoms with Crippen LogP contribution in [0, 0.1) is 6.92 Å². The molecule has 0 aromatic heterocycles. The molecule has 1 saturated heterocycles. The SMILES string of the molecule is C=S(=O)(c1ccc(OC)cc1)N1CCCCC1CCc1ccc(C)cc1. The molecule has 0 bridgehead atoms. The Balaban J connectivity index is 1.75. The van der Waals surface area contributed by atoms with Crippen molar-refractivity contribution in [3.63, 3.8) is 0 Å². The zero-order chi connectivity index (χ0) is 18.6. The van der Waals surface area contributed by atoms with Crippen molar-refractivity contribution >= 4 is 15.6 Å². The van der Waals surface area contributed by atoms with Gasteiger partial charge in [0.1, 0.15) is 5.75 Å². The van der Waals surface area contributed by atoms with Gasteiger partial charge in [0.2, 0.25) is 0 Å². The number of nitrogens with zero attached hydrogens (tertiary/aromatic N) is 1. The Hall–Kier alpha value is -1.78. The first-order valence-corrected chi connectivity index (χ1v) is 11.0. The lowest BCUT2D eigenvalue weighted by molar-refractivity contribution is 0.251. The van der Waals surface area contributed by atoms with Crippen molar-refractivity contribution < 1.29 is 8.95 Å². The fourth-order valence-corrected chi connectivity index (χ4v) is 5.61. The summed E-state index contributed by atoms with van der Waals surface area (Å²) in [6.07, 6.45) is 5.41. The van der Waals surface area contributed by atoms with E-state index in [0.717, 1.165) is 42.9 Å². The summed E-state index contributed by atoms with van der Waals surface area (Å²) in [6, 6.07) is 16.6. The molecule has 0 aliphatic carbocycles. The molecule has 0 saturated carbocycles. The first kappa shape index (κ1) is 19.0. The highest BCUT2D eigenvalue weighted by Gasteiger charge is 2.29. The van der Waals surface area contributed by atoms with Gasteiger partial charge >= 0.3 is 0 Å². The lowest BCUT2D eigenvalue weighted by atomic mass is 9.97. The van der Waals surface area contributed by atoms with Crippen LogP contribution in [0.15, 0.2) is 53.4 Å². The summed E-state index contributed by atoms with van der Waals surface area (Å²) < 4.78 is 21.0. The highest BCUT2D eigenvalue weighted by Crippen LogP contribution is 2.29. The molecule has 4 heteroatoms. The Bertz CT molecular complexity index is 810. The van der Waals surface area contributed by atoms with Crippen LogP contribution in [0.2, 0.25) is 0 Å². The van der Waals surface area contributed by atoms with Crippen LogP contribution < -0.4 is 4.74 Å². The zero-order valence-corrected chi connectivity index (χ0v) is 16.6. The van der Waals surface area contributed by atoms with Gasteiger partial charge in [0, 0.05) is 17.5 Å². The Morgan fingerprint density at radius 2 is 1.81 bits per heavy atom. The fourth-order valence-electron chi connectivity index (χ4n) is 3.66. The smallest absolute Gasteiger partial charge is 0.118 e. The molecule has 3 rings (SSSR count). The number of methoxy groups -OCH3 is 1. The number of piperidine rings is 1. The molecular formula is C22H29NO2S. The van der Waals surface area contributed by atoms with Crippen LogP contribution >= 0.6 is 0 Å². The summed E-state index contributed by atoms with van der Waals surface area (Å²) >= 11 is 0. The fraction of sp³-hybridized carbons (Fsp3) is 0.409. The molecule has 2 aromatic rings. The van der Waals surface area contributed by atoms with E-state index in [1.54, 1.807) is 7.11 Å². The normalized spacial score (nSPS) is 20.5. The Morgan fingerprint density at radius 1 is 1.12 bits per heavy atom. The van der Waals surface area contributed by atoms with Crippen LogP contribution in [-0.2, 0) is 16.1 Å². The Kier molecular flexibility index (Phi) is 6.05. The largest absolute Gasteiger partial charge is 0.497 e. The van der Waals surface area contributed by atoms with Crippen LogP contribution in [-0.4, -0.2) is 34.1 Å². The molecule has 2 unspecified atom stereocenters. The summed E-state index contributed by atoms with van der Waals surface area (Å²) in [4.78, 5) is 0.792. The third-order valence-electron chi connectivity index (χ3n) is 5.27. The molecule has 1 heterocycles. The van der Waals surface area contributed by atoms with Crippen LogP contribution in [0.25, 0.3) is 0 Å². The van der Waals surface area contributed by atoms with Crippen LogP contribution in [0.1, 0.15) is 36.8 Å². The maximum Gasteiger partial charge on any atom is 0.118 e. The van der Waals surface area contributed by atoms with E-state index < -0.39 is 9.71 Å². The minimum Gasteiger partial charge on any atom is -0.497 e. The van der Waals surface area contributed by atoms with Gasteiger partial charge < -0.3 is 4.74 Å². The highest BCUT2D eigenvalue weighted by molar-refractivity contribution is 7.98. The summed E-state index contributed by atoms with van der Waals surface area (Å²) in [5, 5.41) is 0. The topological polar surface area (TPSA) is 29.5 Å². The maximum absolute atomic E-state index is 13.6. The lowest BCUT2D eigenvalue weighted by Crippen LogP contribution is -2.43. The van der Waals surface area contributed by atoms with Crippen molar-refractivity contribution in [3.05, 3.63) is 59.7 Å². The molecule has 26 heavy (non-hydrogen) atoms. The molecule has 0 N–H and O–H groups in total. The summed E-state index contributed by atoms with van der Waals surface area (Å²) in [5.74, 6) is 4.93. The molecule has 3 nitrogen and oxygen atoms in total. The Labute approximate surface area is 158 Å². The minimum atomic E-state index is -2.47. The van der Waals surface area contributed by atoms with Crippen molar-refractivity contribution in [2.24, 2.45) is 0 Å². The average Bonchev–Trinajstić information content (AvgIpc) is 2.68. The molecule has 0 spiro atoms. The first-order valence-electron chi connectivity index (χ1n) is 9.34. The van der Waals surface area contributed by atoms with Gasteiger partial charge in [0.05, 0.1) is 16.8 Å². The average molecular weight is 372 g/mol. The van der Waals surface area contributed by atoms with E-state index in [1.165, 1.54) is 17.5 Å². The van der Waals surface area contributed by atoms with E-state index in [0.29, 0.717) is 6.04 Å². The second-order valence-corrected chi connectivity index (χ2v) is 9.35. The number of ether oxygens (including phenoxy) is 1. The number of benzene rings is 2. The number of aryl methyl sites for hydroxylation is 2. The van der Waals surface area contributed by atoms with E-state index in [9.17, 15) is 4.21 Å². The van der Waals surface area contributed by atoms with E-state index in [-0.39, 0.29) is 0 Å². The van der Waals surface area contributed by atoms with E-state index >= 15 is 0 Å². The lowest BCUT2D eigenvalue weighted by Gasteiger charge is -2.38.